The second-order valence-electron chi connectivity index (χ2n) is 7.92. The van der Waals surface area contributed by atoms with Crippen LogP contribution in [0.5, 0.6) is 0 Å². The van der Waals surface area contributed by atoms with E-state index in [2.05, 4.69) is 22.0 Å². The van der Waals surface area contributed by atoms with Gasteiger partial charge in [0.2, 0.25) is 5.91 Å². The third kappa shape index (κ3) is 3.24. The molecule has 0 bridgehead atoms. The summed E-state index contributed by atoms with van der Waals surface area (Å²) in [6.45, 7) is 6.17. The van der Waals surface area contributed by atoms with Gasteiger partial charge in [0.25, 0.3) is 5.91 Å². The fourth-order valence-electron chi connectivity index (χ4n) is 4.25. The SMILES string of the molecule is C=CC(=O)N1CC(N(C)c2nc(-c3cnn(C)c3)c3c(c2F)CNC3=O)CCC1C. The van der Waals surface area contributed by atoms with Crippen molar-refractivity contribution >= 4 is 17.6 Å². The summed E-state index contributed by atoms with van der Waals surface area (Å²) in [5, 5.41) is 6.86. The van der Waals surface area contributed by atoms with Crippen molar-refractivity contribution in [2.45, 2.75) is 38.4 Å². The number of hydrogen-bond acceptors (Lipinski definition) is 5. The maximum Gasteiger partial charge on any atom is 0.254 e. The molecule has 2 aromatic rings. The number of nitrogens with one attached hydrogen (secondary N) is 1. The summed E-state index contributed by atoms with van der Waals surface area (Å²) in [6, 6.07) is 0.00251. The Morgan fingerprint density at radius 1 is 1.43 bits per heavy atom. The lowest BCUT2D eigenvalue weighted by Gasteiger charge is -2.41. The predicted octanol–water partition coefficient (Wildman–Crippen LogP) is 1.87. The number of anilines is 1. The molecule has 30 heavy (non-hydrogen) atoms. The number of carbonyl (C=O) groups excluding carboxylic acids is 2. The Balaban J connectivity index is 1.75. The van der Waals surface area contributed by atoms with Gasteiger partial charge in [0, 0.05) is 56.6 Å². The van der Waals surface area contributed by atoms with E-state index in [-0.39, 0.29) is 41.8 Å². The molecule has 2 aromatic heterocycles. The molecule has 0 aromatic carbocycles. The second kappa shape index (κ2) is 7.55. The quantitative estimate of drug-likeness (QED) is 0.775. The van der Waals surface area contributed by atoms with Crippen molar-refractivity contribution in [2.75, 3.05) is 18.5 Å². The van der Waals surface area contributed by atoms with Crippen molar-refractivity contribution in [3.05, 3.63) is 42.0 Å². The number of piperidine rings is 1. The number of rotatable bonds is 4. The smallest absolute Gasteiger partial charge is 0.254 e. The molecule has 158 valence electrons. The highest BCUT2D eigenvalue weighted by Crippen LogP contribution is 2.35. The largest absolute Gasteiger partial charge is 0.352 e. The number of halogens is 1. The van der Waals surface area contributed by atoms with Gasteiger partial charge in [-0.25, -0.2) is 9.37 Å². The van der Waals surface area contributed by atoms with E-state index in [1.807, 2.05) is 6.92 Å². The van der Waals surface area contributed by atoms with Gasteiger partial charge in [-0.15, -0.1) is 0 Å². The molecular weight excluding hydrogens is 387 g/mol. The summed E-state index contributed by atoms with van der Waals surface area (Å²) in [4.78, 5) is 32.7. The summed E-state index contributed by atoms with van der Waals surface area (Å²) >= 11 is 0. The van der Waals surface area contributed by atoms with Gasteiger partial charge in [-0.3, -0.25) is 14.3 Å². The van der Waals surface area contributed by atoms with Gasteiger partial charge in [0.05, 0.1) is 17.5 Å². The van der Waals surface area contributed by atoms with Crippen LogP contribution in [-0.2, 0) is 18.4 Å². The van der Waals surface area contributed by atoms with Gasteiger partial charge < -0.3 is 15.1 Å². The van der Waals surface area contributed by atoms with Crippen LogP contribution in [0.1, 0.15) is 35.7 Å². The number of hydrogen-bond donors (Lipinski definition) is 1. The van der Waals surface area contributed by atoms with Crippen LogP contribution >= 0.6 is 0 Å². The summed E-state index contributed by atoms with van der Waals surface area (Å²) in [6.07, 6.45) is 6.28. The molecule has 1 fully saturated rings. The molecular formula is C21H25FN6O2. The molecule has 1 N–H and O–H groups in total. The van der Waals surface area contributed by atoms with Crippen LogP contribution < -0.4 is 10.2 Å². The minimum Gasteiger partial charge on any atom is -0.352 e. The molecule has 4 rings (SSSR count). The van der Waals surface area contributed by atoms with Crippen molar-refractivity contribution in [3.8, 4) is 11.3 Å². The fourth-order valence-corrected chi connectivity index (χ4v) is 4.25. The standard InChI is InChI=1S/C21H25FN6O2/c1-5-16(29)28-11-14(7-6-12(28)2)27(4)20-18(22)15-9-23-21(30)17(15)19(25-20)13-8-24-26(3)10-13/h5,8,10,12,14H,1,6-7,9,11H2,2-4H3,(H,23,30). The van der Waals surface area contributed by atoms with Gasteiger partial charge >= 0.3 is 0 Å². The van der Waals surface area contributed by atoms with Gasteiger partial charge in [0.1, 0.15) is 0 Å². The molecule has 2 atom stereocenters. The van der Waals surface area contributed by atoms with E-state index >= 15 is 4.39 Å². The van der Waals surface area contributed by atoms with Gasteiger partial charge in [-0.1, -0.05) is 6.58 Å². The lowest BCUT2D eigenvalue weighted by atomic mass is 9.97. The van der Waals surface area contributed by atoms with Crippen molar-refractivity contribution < 1.29 is 14.0 Å². The minimum absolute atomic E-state index is 0.100. The monoisotopic (exact) mass is 412 g/mol. The predicted molar refractivity (Wildman–Crippen MR) is 110 cm³/mol. The zero-order chi connectivity index (χ0) is 21.6. The van der Waals surface area contributed by atoms with E-state index < -0.39 is 5.82 Å². The molecule has 2 amide bonds. The van der Waals surface area contributed by atoms with Crippen LogP contribution in [-0.4, -0.2) is 57.2 Å². The summed E-state index contributed by atoms with van der Waals surface area (Å²) in [5.74, 6) is -0.791. The highest BCUT2D eigenvalue weighted by molar-refractivity contribution is 6.04. The third-order valence-corrected chi connectivity index (χ3v) is 6.05. The number of likely N-dealkylation sites (N-methyl/N-ethyl adjacent to an activating group) is 1. The molecule has 0 radical (unpaired) electrons. The number of fused-ring (bicyclic) bond motifs is 1. The first kappa shape index (κ1) is 20.1. The van der Waals surface area contributed by atoms with Crippen LogP contribution in [0.15, 0.2) is 25.0 Å². The number of pyridine rings is 1. The van der Waals surface area contributed by atoms with E-state index in [0.29, 0.717) is 23.4 Å². The lowest BCUT2D eigenvalue weighted by Crippen LogP contribution is -2.52. The summed E-state index contributed by atoms with van der Waals surface area (Å²) in [7, 11) is 3.56. The van der Waals surface area contributed by atoms with Crippen LogP contribution in [0.2, 0.25) is 0 Å². The Morgan fingerprint density at radius 2 is 2.20 bits per heavy atom. The molecule has 0 aliphatic carbocycles. The highest BCUT2D eigenvalue weighted by atomic mass is 19.1. The Labute approximate surface area is 174 Å². The summed E-state index contributed by atoms with van der Waals surface area (Å²) in [5.41, 5.74) is 1.65. The van der Waals surface area contributed by atoms with E-state index in [9.17, 15) is 9.59 Å². The zero-order valence-corrected chi connectivity index (χ0v) is 17.4. The Kier molecular flexibility index (Phi) is 5.05. The molecule has 0 spiro atoms. The number of nitrogens with zero attached hydrogens (tertiary/aromatic N) is 5. The normalized spacial score (nSPS) is 20.7. The number of amides is 2. The molecule has 4 heterocycles. The van der Waals surface area contributed by atoms with E-state index in [1.165, 1.54) is 6.08 Å². The van der Waals surface area contributed by atoms with Crippen LogP contribution in [0.3, 0.4) is 0 Å². The van der Waals surface area contributed by atoms with Crippen molar-refractivity contribution in [2.24, 2.45) is 7.05 Å². The van der Waals surface area contributed by atoms with E-state index in [0.717, 1.165) is 12.8 Å². The minimum atomic E-state index is -0.501. The molecule has 9 heteroatoms. The number of carbonyl (C=O) groups is 2. The van der Waals surface area contributed by atoms with E-state index in [1.54, 1.807) is 41.0 Å². The Bertz CT molecular complexity index is 1030. The number of aryl methyl sites for hydroxylation is 1. The van der Waals surface area contributed by atoms with Crippen molar-refractivity contribution in [1.82, 2.24) is 25.0 Å². The molecule has 2 aliphatic rings. The first-order valence-corrected chi connectivity index (χ1v) is 9.97. The second-order valence-corrected chi connectivity index (χ2v) is 7.92. The molecule has 0 saturated carbocycles. The molecule has 2 aliphatic heterocycles. The molecule has 8 nitrogen and oxygen atoms in total. The van der Waals surface area contributed by atoms with Gasteiger partial charge in [-0.2, -0.15) is 5.10 Å². The third-order valence-electron chi connectivity index (χ3n) is 6.05. The first-order valence-electron chi connectivity index (χ1n) is 9.97. The topological polar surface area (TPSA) is 83.4 Å². The van der Waals surface area contributed by atoms with Crippen LogP contribution in [0, 0.1) is 5.82 Å². The van der Waals surface area contributed by atoms with E-state index in [4.69, 9.17) is 0 Å². The average Bonchev–Trinajstić information content (AvgIpc) is 3.34. The zero-order valence-electron chi connectivity index (χ0n) is 17.4. The lowest BCUT2D eigenvalue weighted by molar-refractivity contribution is -0.129. The Hall–Kier alpha value is -3.23. The van der Waals surface area contributed by atoms with Crippen molar-refractivity contribution in [1.29, 1.82) is 0 Å². The van der Waals surface area contributed by atoms with Crippen LogP contribution in [0.4, 0.5) is 10.2 Å². The fraction of sp³-hybridized carbons (Fsp3) is 0.429. The van der Waals surface area contributed by atoms with Crippen LogP contribution in [0.25, 0.3) is 11.3 Å². The first-order chi connectivity index (χ1) is 14.3. The van der Waals surface area contributed by atoms with Gasteiger partial charge in [0.15, 0.2) is 11.6 Å². The number of likely N-dealkylation sites (tertiary alicyclic amines) is 1. The van der Waals surface area contributed by atoms with Gasteiger partial charge in [-0.05, 0) is 25.8 Å². The maximum absolute atomic E-state index is 15.4. The Morgan fingerprint density at radius 3 is 2.87 bits per heavy atom. The average molecular weight is 412 g/mol. The summed E-state index contributed by atoms with van der Waals surface area (Å²) < 4.78 is 17.1. The maximum atomic E-state index is 15.4. The molecule has 2 unspecified atom stereocenters. The van der Waals surface area contributed by atoms with Crippen molar-refractivity contribution in [3.63, 3.8) is 0 Å². The highest BCUT2D eigenvalue weighted by Gasteiger charge is 2.35. The molecule has 1 saturated heterocycles. The number of aromatic nitrogens is 3.